The summed E-state index contributed by atoms with van der Waals surface area (Å²) in [7, 11) is -0.735. The van der Waals surface area contributed by atoms with E-state index in [1.807, 2.05) is 4.98 Å². The first kappa shape index (κ1) is 15.4. The summed E-state index contributed by atoms with van der Waals surface area (Å²) in [6.07, 6.45) is 0.238. The zero-order valence-corrected chi connectivity index (χ0v) is 11.8. The molecule has 0 amide bonds. The van der Waals surface area contributed by atoms with E-state index >= 15 is 0 Å². The largest absolute Gasteiger partial charge is 0.494 e. The molecule has 8 nitrogen and oxygen atoms in total. The first-order chi connectivity index (χ1) is 8.70. The van der Waals surface area contributed by atoms with Gasteiger partial charge in [-0.25, -0.2) is 17.5 Å². The van der Waals surface area contributed by atoms with Crippen molar-refractivity contribution in [2.24, 2.45) is 0 Å². The molecule has 0 aliphatic heterocycles. The van der Waals surface area contributed by atoms with Crippen molar-refractivity contribution in [2.75, 3.05) is 19.8 Å². The van der Waals surface area contributed by atoms with Gasteiger partial charge in [-0.3, -0.25) is 14.3 Å². The molecule has 0 aliphatic carbocycles. The lowest BCUT2D eigenvalue weighted by Gasteiger charge is -2.13. The lowest BCUT2D eigenvalue weighted by molar-refractivity contribution is 0.397. The Morgan fingerprint density at radius 2 is 1.89 bits per heavy atom. The molecule has 108 valence electrons. The van der Waals surface area contributed by atoms with Crippen molar-refractivity contribution in [3.05, 3.63) is 26.4 Å². The Balaban J connectivity index is 3.17. The van der Waals surface area contributed by atoms with Gasteiger partial charge in [0.15, 0.2) is 0 Å². The highest BCUT2D eigenvalue weighted by Gasteiger charge is 2.17. The number of rotatable bonds is 5. The Bertz CT molecular complexity index is 671. The van der Waals surface area contributed by atoms with Gasteiger partial charge in [0.25, 0.3) is 5.56 Å². The fourth-order valence-corrected chi connectivity index (χ4v) is 2.29. The SMILES string of the molecule is CCc1c(O)n(CCS(=O)(=O)N(C)C)c(=O)[nH]c1=O. The zero-order chi connectivity index (χ0) is 14.8. The van der Waals surface area contributed by atoms with Crippen molar-refractivity contribution in [3.63, 3.8) is 0 Å². The number of H-pyrrole nitrogens is 1. The number of sulfonamides is 1. The molecule has 0 spiro atoms. The highest BCUT2D eigenvalue weighted by Crippen LogP contribution is 2.10. The summed E-state index contributed by atoms with van der Waals surface area (Å²) in [5, 5.41) is 9.82. The molecule has 0 fully saturated rings. The standard InChI is InChI=1S/C10H17N3O5S/c1-4-7-8(14)11-10(16)13(9(7)15)5-6-19(17,18)12(2)3/h15H,4-6H2,1-3H3,(H,11,14,16). The van der Waals surface area contributed by atoms with Crippen LogP contribution in [0.5, 0.6) is 5.88 Å². The van der Waals surface area contributed by atoms with E-state index in [0.29, 0.717) is 0 Å². The summed E-state index contributed by atoms with van der Waals surface area (Å²) in [6.45, 7) is 1.42. The number of aromatic nitrogens is 2. The van der Waals surface area contributed by atoms with Gasteiger partial charge in [0.2, 0.25) is 15.9 Å². The van der Waals surface area contributed by atoms with Crippen molar-refractivity contribution in [1.29, 1.82) is 0 Å². The second kappa shape index (κ2) is 5.57. The Kier molecular flexibility index (Phi) is 4.53. The fourth-order valence-electron chi connectivity index (χ4n) is 1.52. The minimum atomic E-state index is -3.49. The van der Waals surface area contributed by atoms with E-state index < -0.39 is 27.2 Å². The van der Waals surface area contributed by atoms with Gasteiger partial charge in [-0.05, 0) is 6.42 Å². The predicted octanol–water partition coefficient (Wildman–Crippen LogP) is -1.30. The van der Waals surface area contributed by atoms with Crippen LogP contribution >= 0.6 is 0 Å². The van der Waals surface area contributed by atoms with E-state index in [9.17, 15) is 23.1 Å². The van der Waals surface area contributed by atoms with Crippen LogP contribution in [0, 0.1) is 0 Å². The van der Waals surface area contributed by atoms with E-state index in [0.717, 1.165) is 8.87 Å². The molecule has 0 aromatic carbocycles. The average Bonchev–Trinajstić information content (AvgIpc) is 2.28. The fraction of sp³-hybridized carbons (Fsp3) is 0.600. The molecule has 1 aromatic rings. The van der Waals surface area contributed by atoms with Crippen molar-refractivity contribution < 1.29 is 13.5 Å². The molecule has 0 saturated heterocycles. The van der Waals surface area contributed by atoms with Crippen LogP contribution < -0.4 is 11.2 Å². The molecule has 1 rings (SSSR count). The van der Waals surface area contributed by atoms with E-state index in [2.05, 4.69) is 0 Å². The number of aromatic hydroxyl groups is 1. The van der Waals surface area contributed by atoms with Crippen molar-refractivity contribution in [1.82, 2.24) is 13.9 Å². The van der Waals surface area contributed by atoms with Gasteiger partial charge in [0.1, 0.15) is 0 Å². The van der Waals surface area contributed by atoms with Gasteiger partial charge in [0, 0.05) is 20.6 Å². The maximum atomic E-state index is 11.6. The van der Waals surface area contributed by atoms with Gasteiger partial charge < -0.3 is 5.11 Å². The Morgan fingerprint density at radius 1 is 1.32 bits per heavy atom. The Hall–Kier alpha value is -1.61. The number of hydrogen-bond donors (Lipinski definition) is 2. The molecule has 0 unspecified atom stereocenters. The minimum Gasteiger partial charge on any atom is -0.494 e. The average molecular weight is 291 g/mol. The van der Waals surface area contributed by atoms with Crippen LogP contribution in [0.1, 0.15) is 12.5 Å². The van der Waals surface area contributed by atoms with Gasteiger partial charge in [-0.2, -0.15) is 0 Å². The molecule has 0 bridgehead atoms. The molecule has 19 heavy (non-hydrogen) atoms. The summed E-state index contributed by atoms with van der Waals surface area (Å²) in [5.41, 5.74) is -1.42. The van der Waals surface area contributed by atoms with Crippen LogP contribution in [0.25, 0.3) is 0 Å². The van der Waals surface area contributed by atoms with Crippen LogP contribution in [0.2, 0.25) is 0 Å². The van der Waals surface area contributed by atoms with Gasteiger partial charge in [-0.1, -0.05) is 6.92 Å². The minimum absolute atomic E-state index is 0.0573. The molecule has 0 saturated carbocycles. The summed E-state index contributed by atoms with van der Waals surface area (Å²) in [6, 6.07) is 0. The third-order valence-corrected chi connectivity index (χ3v) is 4.56. The maximum absolute atomic E-state index is 11.6. The van der Waals surface area contributed by atoms with E-state index in [1.165, 1.54) is 14.1 Å². The van der Waals surface area contributed by atoms with Crippen molar-refractivity contribution in [2.45, 2.75) is 19.9 Å². The third-order valence-electron chi connectivity index (χ3n) is 2.75. The highest BCUT2D eigenvalue weighted by molar-refractivity contribution is 7.89. The molecule has 9 heteroatoms. The third kappa shape index (κ3) is 3.24. The lowest BCUT2D eigenvalue weighted by atomic mass is 10.2. The molecule has 0 atom stereocenters. The van der Waals surface area contributed by atoms with Crippen molar-refractivity contribution in [3.8, 4) is 5.88 Å². The predicted molar refractivity (Wildman–Crippen MR) is 69.8 cm³/mol. The van der Waals surface area contributed by atoms with E-state index in [-0.39, 0.29) is 24.3 Å². The maximum Gasteiger partial charge on any atom is 0.331 e. The lowest BCUT2D eigenvalue weighted by Crippen LogP contribution is -2.35. The van der Waals surface area contributed by atoms with Crippen LogP contribution in [0.3, 0.4) is 0 Å². The van der Waals surface area contributed by atoms with Gasteiger partial charge in [-0.15, -0.1) is 0 Å². The Labute approximate surface area is 110 Å². The second-order valence-electron chi connectivity index (χ2n) is 4.17. The molecule has 0 aliphatic rings. The molecular formula is C10H17N3O5S. The van der Waals surface area contributed by atoms with Crippen LogP contribution in [-0.4, -0.2) is 47.2 Å². The first-order valence-electron chi connectivity index (χ1n) is 5.65. The normalized spacial score (nSPS) is 12.0. The summed E-state index contributed by atoms with van der Waals surface area (Å²) < 4.78 is 25.1. The molecule has 2 N–H and O–H groups in total. The smallest absolute Gasteiger partial charge is 0.331 e. The molecule has 1 aromatic heterocycles. The number of nitrogens with zero attached hydrogens (tertiary/aromatic N) is 2. The van der Waals surface area contributed by atoms with Crippen molar-refractivity contribution >= 4 is 10.0 Å². The monoisotopic (exact) mass is 291 g/mol. The first-order valence-corrected chi connectivity index (χ1v) is 7.26. The summed E-state index contributed by atoms with van der Waals surface area (Å²) in [4.78, 5) is 25.0. The molecule has 1 heterocycles. The second-order valence-corrected chi connectivity index (χ2v) is 6.47. The number of hydrogen-bond acceptors (Lipinski definition) is 5. The number of aromatic amines is 1. The highest BCUT2D eigenvalue weighted by atomic mass is 32.2. The summed E-state index contributed by atoms with van der Waals surface area (Å²) in [5.74, 6) is -0.826. The van der Waals surface area contributed by atoms with Crippen LogP contribution in [0.4, 0.5) is 0 Å². The topological polar surface area (TPSA) is 112 Å². The quantitative estimate of drug-likeness (QED) is 0.700. The van der Waals surface area contributed by atoms with Crippen LogP contribution in [-0.2, 0) is 23.0 Å². The Morgan fingerprint density at radius 3 is 2.37 bits per heavy atom. The summed E-state index contributed by atoms with van der Waals surface area (Å²) >= 11 is 0. The van der Waals surface area contributed by atoms with E-state index in [4.69, 9.17) is 0 Å². The molecular weight excluding hydrogens is 274 g/mol. The van der Waals surface area contributed by atoms with Crippen LogP contribution in [0.15, 0.2) is 9.59 Å². The molecule has 0 radical (unpaired) electrons. The number of nitrogens with one attached hydrogen (secondary N) is 1. The van der Waals surface area contributed by atoms with E-state index in [1.54, 1.807) is 6.92 Å². The van der Waals surface area contributed by atoms with Gasteiger partial charge in [0.05, 0.1) is 11.3 Å². The zero-order valence-electron chi connectivity index (χ0n) is 11.0. The van der Waals surface area contributed by atoms with Gasteiger partial charge >= 0.3 is 5.69 Å².